The predicted molar refractivity (Wildman–Crippen MR) is 150 cm³/mol. The molecule has 3 aromatic carbocycles. The second kappa shape index (κ2) is 11.3. The predicted octanol–water partition coefficient (Wildman–Crippen LogP) is 5.11. The van der Waals surface area contributed by atoms with Gasteiger partial charge in [0.05, 0.1) is 11.4 Å². The molecule has 0 aliphatic carbocycles. The van der Waals surface area contributed by atoms with Gasteiger partial charge in [0, 0.05) is 43.4 Å². The van der Waals surface area contributed by atoms with Crippen molar-refractivity contribution in [2.45, 2.75) is 39.1 Å². The van der Waals surface area contributed by atoms with E-state index in [0.717, 1.165) is 22.4 Å². The molecule has 0 N–H and O–H groups in total. The van der Waals surface area contributed by atoms with Crippen LogP contribution in [-0.2, 0) is 21.4 Å². The lowest BCUT2D eigenvalue weighted by Crippen LogP contribution is -2.52. The molecular formula is C29H34ClN3O3S. The third-order valence-electron chi connectivity index (χ3n) is 6.86. The molecule has 1 heterocycles. The molecular weight excluding hydrogens is 506 g/mol. The van der Waals surface area contributed by atoms with Crippen LogP contribution in [-0.4, -0.2) is 56.3 Å². The molecule has 0 unspecified atom stereocenters. The Bertz CT molecular complexity index is 1360. The lowest BCUT2D eigenvalue weighted by Gasteiger charge is -2.37. The first-order chi connectivity index (χ1) is 17.6. The molecule has 0 atom stereocenters. The molecule has 196 valence electrons. The van der Waals surface area contributed by atoms with Crippen molar-refractivity contribution in [2.75, 3.05) is 37.6 Å². The van der Waals surface area contributed by atoms with Crippen LogP contribution in [0.15, 0.2) is 65.6 Å². The third kappa shape index (κ3) is 6.17. The van der Waals surface area contributed by atoms with Crippen LogP contribution in [0.3, 0.4) is 0 Å². The van der Waals surface area contributed by atoms with Crippen molar-refractivity contribution in [1.29, 1.82) is 0 Å². The highest BCUT2D eigenvalue weighted by Gasteiger charge is 2.32. The van der Waals surface area contributed by atoms with Gasteiger partial charge in [-0.05, 0) is 62.1 Å². The number of hydrogen-bond donors (Lipinski definition) is 0. The first-order valence-electron chi connectivity index (χ1n) is 12.5. The van der Waals surface area contributed by atoms with E-state index in [2.05, 4.69) is 4.90 Å². The van der Waals surface area contributed by atoms with Crippen molar-refractivity contribution in [3.63, 3.8) is 0 Å². The quantitative estimate of drug-likeness (QED) is 0.418. The van der Waals surface area contributed by atoms with E-state index in [9.17, 15) is 13.2 Å². The van der Waals surface area contributed by atoms with Gasteiger partial charge in [-0.3, -0.25) is 4.79 Å². The smallest absolute Gasteiger partial charge is 0.244 e. The fourth-order valence-electron chi connectivity index (χ4n) is 5.09. The number of anilines is 1. The molecule has 1 fully saturated rings. The molecule has 1 aliphatic rings. The maximum Gasteiger partial charge on any atom is 0.244 e. The van der Waals surface area contributed by atoms with Crippen molar-refractivity contribution in [1.82, 2.24) is 9.21 Å². The van der Waals surface area contributed by atoms with Gasteiger partial charge in [0.1, 0.15) is 0 Å². The Morgan fingerprint density at radius 1 is 0.865 bits per heavy atom. The maximum atomic E-state index is 13.9. The fraction of sp³-hybridized carbons (Fsp3) is 0.345. The zero-order valence-electron chi connectivity index (χ0n) is 21.9. The van der Waals surface area contributed by atoms with E-state index in [1.807, 2.05) is 88.4 Å². The van der Waals surface area contributed by atoms with E-state index in [-0.39, 0.29) is 23.9 Å². The van der Waals surface area contributed by atoms with Crippen molar-refractivity contribution in [3.8, 4) is 0 Å². The third-order valence-corrected chi connectivity index (χ3v) is 9.19. The Labute approximate surface area is 225 Å². The molecule has 4 rings (SSSR count). The average Bonchev–Trinajstić information content (AvgIpc) is 2.85. The number of piperazine rings is 1. The first-order valence-corrected chi connectivity index (χ1v) is 14.3. The van der Waals surface area contributed by atoms with E-state index in [1.165, 1.54) is 4.31 Å². The second-order valence-electron chi connectivity index (χ2n) is 9.79. The van der Waals surface area contributed by atoms with Crippen molar-refractivity contribution >= 4 is 33.2 Å². The summed E-state index contributed by atoms with van der Waals surface area (Å²) < 4.78 is 29.2. The molecule has 8 heteroatoms. The Hall–Kier alpha value is -2.87. The van der Waals surface area contributed by atoms with Crippen molar-refractivity contribution in [3.05, 3.63) is 93.5 Å². The molecule has 0 bridgehead atoms. The normalized spacial score (nSPS) is 14.3. The summed E-state index contributed by atoms with van der Waals surface area (Å²) in [6, 6.07) is 19.0. The number of benzene rings is 3. The van der Waals surface area contributed by atoms with E-state index in [1.54, 1.807) is 4.90 Å². The minimum atomic E-state index is -3.91. The van der Waals surface area contributed by atoms with Crippen LogP contribution >= 0.6 is 11.6 Å². The Morgan fingerprint density at radius 3 is 2.11 bits per heavy atom. The minimum absolute atomic E-state index is 0.128. The summed E-state index contributed by atoms with van der Waals surface area (Å²) in [7, 11) is -3.91. The zero-order chi connectivity index (χ0) is 26.7. The molecule has 0 spiro atoms. The van der Waals surface area contributed by atoms with Crippen LogP contribution in [0.25, 0.3) is 0 Å². The summed E-state index contributed by atoms with van der Waals surface area (Å²) in [5, 5.41) is 0.683. The summed E-state index contributed by atoms with van der Waals surface area (Å²) in [6.07, 6.45) is 0. The van der Waals surface area contributed by atoms with Gasteiger partial charge in [-0.25, -0.2) is 8.42 Å². The molecule has 3 aromatic rings. The van der Waals surface area contributed by atoms with Crippen LogP contribution in [0.2, 0.25) is 5.02 Å². The van der Waals surface area contributed by atoms with E-state index < -0.39 is 10.0 Å². The Morgan fingerprint density at radius 2 is 1.49 bits per heavy atom. The highest BCUT2D eigenvalue weighted by molar-refractivity contribution is 7.89. The van der Waals surface area contributed by atoms with Gasteiger partial charge in [-0.15, -0.1) is 0 Å². The number of nitrogens with zero attached hydrogens (tertiary/aromatic N) is 3. The van der Waals surface area contributed by atoms with Crippen molar-refractivity contribution < 1.29 is 13.2 Å². The Kier molecular flexibility index (Phi) is 8.26. The van der Waals surface area contributed by atoms with Gasteiger partial charge >= 0.3 is 0 Å². The largest absolute Gasteiger partial charge is 0.368 e. The molecule has 37 heavy (non-hydrogen) atoms. The minimum Gasteiger partial charge on any atom is -0.368 e. The van der Waals surface area contributed by atoms with Crippen LogP contribution in [0, 0.1) is 27.7 Å². The van der Waals surface area contributed by atoms with Crippen LogP contribution in [0.5, 0.6) is 0 Å². The summed E-state index contributed by atoms with van der Waals surface area (Å²) in [4.78, 5) is 17.7. The highest BCUT2D eigenvalue weighted by atomic mass is 35.5. The van der Waals surface area contributed by atoms with Crippen LogP contribution < -0.4 is 4.90 Å². The molecule has 1 aliphatic heterocycles. The zero-order valence-corrected chi connectivity index (χ0v) is 23.4. The lowest BCUT2D eigenvalue weighted by atomic mass is 10.1. The number of halogens is 1. The highest BCUT2D eigenvalue weighted by Crippen LogP contribution is 2.28. The lowest BCUT2D eigenvalue weighted by molar-refractivity contribution is -0.131. The van der Waals surface area contributed by atoms with Crippen molar-refractivity contribution in [2.24, 2.45) is 0 Å². The maximum absolute atomic E-state index is 13.9. The first kappa shape index (κ1) is 27.2. The number of hydrogen-bond acceptors (Lipinski definition) is 4. The number of rotatable bonds is 7. The van der Waals surface area contributed by atoms with Crippen LogP contribution in [0.1, 0.15) is 27.8 Å². The summed E-state index contributed by atoms with van der Waals surface area (Å²) in [5.41, 5.74) is 5.42. The second-order valence-corrected chi connectivity index (χ2v) is 12.1. The summed E-state index contributed by atoms with van der Waals surface area (Å²) in [5.74, 6) is -0.190. The standard InChI is InChI=1S/C29H34ClN3O3S/c1-21-16-23(3)29(24(4)17-21)37(35,36)33(19-25-8-6-5-7-9-25)20-28(34)32-14-12-31(13-15-32)27-18-26(30)11-10-22(27)2/h5-11,16-18H,12-15,19-20H2,1-4H3. The average molecular weight is 540 g/mol. The molecule has 0 radical (unpaired) electrons. The number of carbonyl (C=O) groups excluding carboxylic acids is 1. The topological polar surface area (TPSA) is 60.9 Å². The summed E-state index contributed by atoms with van der Waals surface area (Å²) >= 11 is 6.21. The van der Waals surface area contributed by atoms with Gasteiger partial charge in [0.25, 0.3) is 0 Å². The van der Waals surface area contributed by atoms with Gasteiger partial charge in [-0.1, -0.05) is 65.7 Å². The van der Waals surface area contributed by atoms with E-state index in [0.29, 0.717) is 42.3 Å². The van der Waals surface area contributed by atoms with Gasteiger partial charge in [0.15, 0.2) is 0 Å². The molecule has 6 nitrogen and oxygen atoms in total. The number of sulfonamides is 1. The Balaban J connectivity index is 1.55. The van der Waals surface area contributed by atoms with Gasteiger partial charge in [-0.2, -0.15) is 4.31 Å². The number of carbonyl (C=O) groups is 1. The SMILES string of the molecule is Cc1cc(C)c(S(=O)(=O)N(CC(=O)N2CCN(c3cc(Cl)ccc3C)CC2)Cc2ccccc2)c(C)c1. The number of amides is 1. The monoisotopic (exact) mass is 539 g/mol. The molecule has 0 saturated carbocycles. The molecule has 1 saturated heterocycles. The fourth-order valence-corrected chi connectivity index (χ4v) is 7.04. The molecule has 0 aromatic heterocycles. The van der Waals surface area contributed by atoms with Gasteiger partial charge < -0.3 is 9.80 Å². The number of aryl methyl sites for hydroxylation is 4. The molecule has 1 amide bonds. The summed E-state index contributed by atoms with van der Waals surface area (Å²) in [6.45, 7) is 9.90. The van der Waals surface area contributed by atoms with Crippen LogP contribution in [0.4, 0.5) is 5.69 Å². The van der Waals surface area contributed by atoms with E-state index >= 15 is 0 Å². The van der Waals surface area contributed by atoms with Gasteiger partial charge in [0.2, 0.25) is 15.9 Å². The van der Waals surface area contributed by atoms with E-state index in [4.69, 9.17) is 11.6 Å².